The van der Waals surface area contributed by atoms with Gasteiger partial charge in [-0.25, -0.2) is 0 Å². The second kappa shape index (κ2) is 9.99. The lowest BCUT2D eigenvalue weighted by atomic mass is 9.67. The summed E-state index contributed by atoms with van der Waals surface area (Å²) < 4.78 is 0. The first-order valence-corrected chi connectivity index (χ1v) is 10.4. The van der Waals surface area contributed by atoms with E-state index < -0.39 is 0 Å². The van der Waals surface area contributed by atoms with Crippen LogP contribution in [0.5, 0.6) is 0 Å². The molecule has 0 saturated heterocycles. The minimum atomic E-state index is 0.883. The Balaban J connectivity index is 2.53. The highest BCUT2D eigenvalue weighted by Crippen LogP contribution is 2.41. The Morgan fingerprint density at radius 2 is 1.36 bits per heavy atom. The van der Waals surface area contributed by atoms with Gasteiger partial charge in [0, 0.05) is 0 Å². The van der Waals surface area contributed by atoms with E-state index in [4.69, 9.17) is 0 Å². The Morgan fingerprint density at radius 1 is 0.773 bits per heavy atom. The van der Waals surface area contributed by atoms with Crippen LogP contribution in [0.15, 0.2) is 0 Å². The quantitative estimate of drug-likeness (QED) is 0.369. The molecule has 22 heavy (non-hydrogen) atoms. The molecule has 0 amide bonds. The Labute approximate surface area is 141 Å². The second-order valence-electron chi connectivity index (χ2n) is 8.82. The molecule has 6 atom stereocenters. The van der Waals surface area contributed by atoms with E-state index in [1.807, 2.05) is 0 Å². The highest BCUT2D eigenvalue weighted by atomic mass is 14.4. The molecule has 0 heteroatoms. The van der Waals surface area contributed by atoms with Crippen molar-refractivity contribution < 1.29 is 0 Å². The molecule has 0 N–H and O–H groups in total. The summed E-state index contributed by atoms with van der Waals surface area (Å²) in [5.74, 6) is 6.51. The smallest absolute Gasteiger partial charge is 0.0360 e. The van der Waals surface area contributed by atoms with Gasteiger partial charge in [-0.05, 0) is 47.8 Å². The van der Waals surface area contributed by atoms with Crippen molar-refractivity contribution >= 4 is 0 Å². The predicted octanol–water partition coefficient (Wildman–Crippen LogP) is 7.57. The summed E-state index contributed by atoms with van der Waals surface area (Å²) in [4.78, 5) is 0. The standard InChI is InChI=1S/C22H44/c1-8-11-16(3)22(12-9-2)20(7)18(5)15-17(4)19(6)21-13-10-14-21/h16-22H,8-15H2,1-7H3. The number of rotatable bonds is 11. The maximum atomic E-state index is 2.55. The van der Waals surface area contributed by atoms with Crippen LogP contribution in [0.3, 0.4) is 0 Å². The van der Waals surface area contributed by atoms with Crippen molar-refractivity contribution in [1.82, 2.24) is 0 Å². The number of hydrogen-bond acceptors (Lipinski definition) is 0. The zero-order chi connectivity index (χ0) is 16.7. The maximum Gasteiger partial charge on any atom is -0.0360 e. The third-order valence-electron chi connectivity index (χ3n) is 7.20. The Hall–Kier alpha value is 0. The van der Waals surface area contributed by atoms with Crippen LogP contribution in [0.1, 0.15) is 99.8 Å². The summed E-state index contributed by atoms with van der Waals surface area (Å²) in [5.41, 5.74) is 0. The molecule has 1 rings (SSSR count). The predicted molar refractivity (Wildman–Crippen MR) is 101 cm³/mol. The summed E-state index contributed by atoms with van der Waals surface area (Å²) in [6, 6.07) is 0. The lowest BCUT2D eigenvalue weighted by molar-refractivity contribution is 0.116. The molecule has 0 spiro atoms. The fraction of sp³-hybridized carbons (Fsp3) is 1.00. The van der Waals surface area contributed by atoms with Gasteiger partial charge in [-0.1, -0.05) is 93.4 Å². The third kappa shape index (κ3) is 5.57. The zero-order valence-corrected chi connectivity index (χ0v) is 16.7. The topological polar surface area (TPSA) is 0 Å². The first-order chi connectivity index (χ1) is 10.4. The van der Waals surface area contributed by atoms with E-state index in [-0.39, 0.29) is 0 Å². The zero-order valence-electron chi connectivity index (χ0n) is 16.7. The summed E-state index contributed by atoms with van der Waals surface area (Å²) in [7, 11) is 0. The van der Waals surface area contributed by atoms with E-state index in [9.17, 15) is 0 Å². The Kier molecular flexibility index (Phi) is 9.10. The van der Waals surface area contributed by atoms with Crippen LogP contribution in [0, 0.1) is 41.4 Å². The molecule has 132 valence electrons. The van der Waals surface area contributed by atoms with E-state index in [0.29, 0.717) is 0 Å². The average Bonchev–Trinajstić information content (AvgIpc) is 2.42. The van der Waals surface area contributed by atoms with Gasteiger partial charge in [-0.2, -0.15) is 0 Å². The van der Waals surface area contributed by atoms with Crippen LogP contribution in [-0.2, 0) is 0 Å². The van der Waals surface area contributed by atoms with Gasteiger partial charge in [0.25, 0.3) is 0 Å². The lowest BCUT2D eigenvalue weighted by Crippen LogP contribution is -2.29. The van der Waals surface area contributed by atoms with Gasteiger partial charge in [0.05, 0.1) is 0 Å². The minimum absolute atomic E-state index is 0.883. The van der Waals surface area contributed by atoms with Gasteiger partial charge in [-0.15, -0.1) is 0 Å². The molecule has 1 saturated carbocycles. The van der Waals surface area contributed by atoms with Crippen LogP contribution in [0.4, 0.5) is 0 Å². The molecule has 1 aliphatic rings. The molecule has 0 nitrogen and oxygen atoms in total. The van der Waals surface area contributed by atoms with Crippen LogP contribution in [0.25, 0.3) is 0 Å². The number of hydrogen-bond donors (Lipinski definition) is 0. The van der Waals surface area contributed by atoms with Crippen LogP contribution in [-0.4, -0.2) is 0 Å². The highest BCUT2D eigenvalue weighted by molar-refractivity contribution is 4.81. The Bertz CT molecular complexity index is 278. The molecule has 0 aliphatic heterocycles. The summed E-state index contributed by atoms with van der Waals surface area (Å²) in [5, 5.41) is 0. The molecule has 0 aromatic carbocycles. The molecule has 1 aliphatic carbocycles. The minimum Gasteiger partial charge on any atom is -0.0654 e. The maximum absolute atomic E-state index is 2.55. The van der Waals surface area contributed by atoms with Crippen molar-refractivity contribution in [1.29, 1.82) is 0 Å². The van der Waals surface area contributed by atoms with Gasteiger partial charge >= 0.3 is 0 Å². The largest absolute Gasteiger partial charge is 0.0654 e. The summed E-state index contributed by atoms with van der Waals surface area (Å²) in [6.45, 7) is 17.4. The van der Waals surface area contributed by atoms with Gasteiger partial charge in [-0.3, -0.25) is 0 Å². The molecule has 0 bridgehead atoms. The molecule has 0 aromatic heterocycles. The van der Waals surface area contributed by atoms with Crippen molar-refractivity contribution in [3.8, 4) is 0 Å². The third-order valence-corrected chi connectivity index (χ3v) is 7.20. The van der Waals surface area contributed by atoms with E-state index in [1.54, 1.807) is 0 Å². The SMILES string of the molecule is CCCC(C)C(CCC)C(C)C(C)CC(C)C(C)C1CCC1. The molecule has 0 heterocycles. The van der Waals surface area contributed by atoms with Gasteiger partial charge < -0.3 is 0 Å². The molecule has 1 fully saturated rings. The fourth-order valence-corrected chi connectivity index (χ4v) is 4.94. The van der Waals surface area contributed by atoms with Crippen molar-refractivity contribution in [2.24, 2.45) is 41.4 Å². The summed E-state index contributed by atoms with van der Waals surface area (Å²) in [6.07, 6.45) is 11.5. The van der Waals surface area contributed by atoms with Crippen molar-refractivity contribution in [3.63, 3.8) is 0 Å². The fourth-order valence-electron chi connectivity index (χ4n) is 4.94. The molecule has 0 aromatic rings. The van der Waals surface area contributed by atoms with Crippen LogP contribution < -0.4 is 0 Å². The molecular weight excluding hydrogens is 264 g/mol. The molecular formula is C22H44. The van der Waals surface area contributed by atoms with Crippen molar-refractivity contribution in [3.05, 3.63) is 0 Å². The van der Waals surface area contributed by atoms with E-state index in [1.165, 1.54) is 51.4 Å². The average molecular weight is 309 g/mol. The highest BCUT2D eigenvalue weighted by Gasteiger charge is 2.31. The lowest BCUT2D eigenvalue weighted by Gasteiger charge is -2.39. The Morgan fingerprint density at radius 3 is 1.82 bits per heavy atom. The normalized spacial score (nSPS) is 24.1. The molecule has 6 unspecified atom stereocenters. The molecule has 0 radical (unpaired) electrons. The van der Waals surface area contributed by atoms with Crippen LogP contribution in [0.2, 0.25) is 0 Å². The van der Waals surface area contributed by atoms with Gasteiger partial charge in [0.15, 0.2) is 0 Å². The summed E-state index contributed by atoms with van der Waals surface area (Å²) >= 11 is 0. The van der Waals surface area contributed by atoms with E-state index in [2.05, 4.69) is 48.5 Å². The van der Waals surface area contributed by atoms with Gasteiger partial charge in [0.2, 0.25) is 0 Å². The van der Waals surface area contributed by atoms with Gasteiger partial charge in [0.1, 0.15) is 0 Å². The first kappa shape index (κ1) is 20.0. The monoisotopic (exact) mass is 308 g/mol. The van der Waals surface area contributed by atoms with Crippen LogP contribution >= 0.6 is 0 Å². The first-order valence-electron chi connectivity index (χ1n) is 10.4. The van der Waals surface area contributed by atoms with Crippen molar-refractivity contribution in [2.45, 2.75) is 99.8 Å². The van der Waals surface area contributed by atoms with E-state index >= 15 is 0 Å². The van der Waals surface area contributed by atoms with Crippen molar-refractivity contribution in [2.75, 3.05) is 0 Å². The van der Waals surface area contributed by atoms with E-state index in [0.717, 1.165) is 41.4 Å². The second-order valence-corrected chi connectivity index (χ2v) is 8.82.